The lowest BCUT2D eigenvalue weighted by Gasteiger charge is -2.11. The van der Waals surface area contributed by atoms with Gasteiger partial charge in [-0.25, -0.2) is 14.6 Å². The maximum absolute atomic E-state index is 11.4. The number of aliphatic imine (C=N–C) groups is 1. The van der Waals surface area contributed by atoms with E-state index in [0.717, 1.165) is 0 Å². The van der Waals surface area contributed by atoms with Gasteiger partial charge >= 0.3 is 12.2 Å². The van der Waals surface area contributed by atoms with Crippen LogP contribution in [0.5, 0.6) is 11.5 Å². The van der Waals surface area contributed by atoms with Gasteiger partial charge in [-0.1, -0.05) is 18.2 Å². The molecule has 2 rings (SSSR count). The van der Waals surface area contributed by atoms with Gasteiger partial charge in [0.15, 0.2) is 0 Å². The highest BCUT2D eigenvalue weighted by Gasteiger charge is 2.12. The van der Waals surface area contributed by atoms with Gasteiger partial charge in [0.25, 0.3) is 0 Å². The number of anilines is 1. The van der Waals surface area contributed by atoms with Crippen LogP contribution >= 0.6 is 0 Å². The van der Waals surface area contributed by atoms with Gasteiger partial charge in [0.2, 0.25) is 5.96 Å². The van der Waals surface area contributed by atoms with E-state index in [4.69, 9.17) is 10.5 Å². The summed E-state index contributed by atoms with van der Waals surface area (Å²) in [7, 11) is 2.35. The number of nitrogens with zero attached hydrogens (tertiary/aromatic N) is 1. The molecular formula is C17H18N4O5. The van der Waals surface area contributed by atoms with Crippen molar-refractivity contribution in [3.8, 4) is 11.5 Å². The summed E-state index contributed by atoms with van der Waals surface area (Å²) in [5.74, 6) is 0.889. The van der Waals surface area contributed by atoms with Gasteiger partial charge in [-0.3, -0.25) is 10.6 Å². The van der Waals surface area contributed by atoms with E-state index >= 15 is 0 Å². The molecule has 0 atom stereocenters. The average molecular weight is 358 g/mol. The van der Waals surface area contributed by atoms with E-state index in [-0.39, 0.29) is 11.6 Å². The Hall–Kier alpha value is -3.75. The standard InChI is InChI=1S/C17H18N4O5/c1-24-16(22)20-15(21-17(23)25-2)19-14-10-12(8-9-13(14)18)26-11-6-4-3-5-7-11/h3-10H,18H2,1-2H3,(H2,19,20,21,22,23). The van der Waals surface area contributed by atoms with Gasteiger partial charge in [-0.2, -0.15) is 0 Å². The number of hydrogen-bond acceptors (Lipinski definition) is 7. The Kier molecular flexibility index (Phi) is 6.38. The van der Waals surface area contributed by atoms with E-state index in [2.05, 4.69) is 25.1 Å². The number of benzene rings is 2. The van der Waals surface area contributed by atoms with Crippen molar-refractivity contribution < 1.29 is 23.8 Å². The first kappa shape index (κ1) is 18.6. The largest absolute Gasteiger partial charge is 0.457 e. The predicted octanol–water partition coefficient (Wildman–Crippen LogP) is 2.76. The average Bonchev–Trinajstić information content (AvgIpc) is 2.65. The van der Waals surface area contributed by atoms with Crippen molar-refractivity contribution in [2.75, 3.05) is 20.0 Å². The molecule has 2 aromatic rings. The Balaban J connectivity index is 2.30. The predicted molar refractivity (Wildman–Crippen MR) is 95.5 cm³/mol. The molecule has 26 heavy (non-hydrogen) atoms. The SMILES string of the molecule is COC(=O)NC(=Nc1cc(Oc2ccccc2)ccc1N)NC(=O)OC. The maximum atomic E-state index is 11.4. The molecular weight excluding hydrogens is 340 g/mol. The number of rotatable bonds is 3. The van der Waals surface area contributed by atoms with Crippen molar-refractivity contribution >= 4 is 29.5 Å². The first-order valence-corrected chi connectivity index (χ1v) is 7.43. The number of nitrogens with two attached hydrogens (primary N) is 1. The summed E-state index contributed by atoms with van der Waals surface area (Å²) in [5, 5.41) is 4.51. The molecule has 9 nitrogen and oxygen atoms in total. The third kappa shape index (κ3) is 5.41. The number of methoxy groups -OCH3 is 2. The summed E-state index contributed by atoms with van der Waals surface area (Å²) in [5.41, 5.74) is 6.48. The summed E-state index contributed by atoms with van der Waals surface area (Å²) >= 11 is 0. The number of para-hydroxylation sites is 1. The minimum atomic E-state index is -0.824. The Labute approximate surface area is 149 Å². The molecule has 0 saturated heterocycles. The Morgan fingerprint density at radius 1 is 0.923 bits per heavy atom. The van der Waals surface area contributed by atoms with Crippen LogP contribution in [-0.4, -0.2) is 32.4 Å². The number of carbonyl (C=O) groups excluding carboxylic acids is 2. The number of nitrogens with one attached hydrogen (secondary N) is 2. The van der Waals surface area contributed by atoms with Crippen LogP contribution in [-0.2, 0) is 9.47 Å². The minimum absolute atomic E-state index is 0.215. The fourth-order valence-corrected chi connectivity index (χ4v) is 1.81. The molecule has 0 aliphatic heterocycles. The zero-order valence-corrected chi connectivity index (χ0v) is 14.2. The Morgan fingerprint density at radius 3 is 2.12 bits per heavy atom. The van der Waals surface area contributed by atoms with E-state index < -0.39 is 12.2 Å². The van der Waals surface area contributed by atoms with Crippen molar-refractivity contribution in [2.45, 2.75) is 0 Å². The number of guanidine groups is 1. The van der Waals surface area contributed by atoms with Crippen LogP contribution in [0.2, 0.25) is 0 Å². The van der Waals surface area contributed by atoms with Crippen molar-refractivity contribution in [1.29, 1.82) is 0 Å². The highest BCUT2D eigenvalue weighted by atomic mass is 16.5. The van der Waals surface area contributed by atoms with Gasteiger partial charge in [-0.15, -0.1) is 0 Å². The lowest BCUT2D eigenvalue weighted by molar-refractivity contribution is 0.173. The topological polar surface area (TPSA) is 124 Å². The zero-order valence-electron chi connectivity index (χ0n) is 14.2. The molecule has 4 N–H and O–H groups in total. The summed E-state index contributed by atoms with van der Waals surface area (Å²) < 4.78 is 14.7. The van der Waals surface area contributed by atoms with E-state index in [1.165, 1.54) is 14.2 Å². The van der Waals surface area contributed by atoms with Gasteiger partial charge in [0, 0.05) is 6.07 Å². The van der Waals surface area contributed by atoms with Crippen LogP contribution in [0.1, 0.15) is 0 Å². The quantitative estimate of drug-likeness (QED) is 0.440. The molecule has 0 bridgehead atoms. The highest BCUT2D eigenvalue weighted by Crippen LogP contribution is 2.30. The monoisotopic (exact) mass is 358 g/mol. The van der Waals surface area contributed by atoms with Gasteiger partial charge in [-0.05, 0) is 24.3 Å². The van der Waals surface area contributed by atoms with Crippen LogP contribution in [0.25, 0.3) is 0 Å². The van der Waals surface area contributed by atoms with Crippen LogP contribution in [0.3, 0.4) is 0 Å². The van der Waals surface area contributed by atoms with Crippen molar-refractivity contribution in [2.24, 2.45) is 4.99 Å². The summed E-state index contributed by atoms with van der Waals surface area (Å²) in [6.07, 6.45) is -1.65. The number of alkyl carbamates (subject to hydrolysis) is 2. The molecule has 0 aliphatic rings. The second-order valence-corrected chi connectivity index (χ2v) is 4.83. The first-order chi connectivity index (χ1) is 12.5. The van der Waals surface area contributed by atoms with Crippen molar-refractivity contribution in [3.63, 3.8) is 0 Å². The van der Waals surface area contributed by atoms with Gasteiger partial charge in [0.05, 0.1) is 25.6 Å². The molecule has 0 spiro atoms. The molecule has 9 heteroatoms. The van der Waals surface area contributed by atoms with E-state index in [1.807, 2.05) is 18.2 Å². The molecule has 0 heterocycles. The smallest absolute Gasteiger partial charge is 0.413 e. The van der Waals surface area contributed by atoms with Gasteiger partial charge < -0.3 is 19.9 Å². The van der Waals surface area contributed by atoms with Crippen LogP contribution in [0.4, 0.5) is 21.0 Å². The highest BCUT2D eigenvalue weighted by molar-refractivity contribution is 6.02. The van der Waals surface area contributed by atoms with E-state index in [1.54, 1.807) is 30.3 Å². The fourth-order valence-electron chi connectivity index (χ4n) is 1.81. The molecule has 2 aromatic carbocycles. The number of nitrogen functional groups attached to an aromatic ring is 1. The zero-order chi connectivity index (χ0) is 18.9. The molecule has 0 aromatic heterocycles. The molecule has 0 aliphatic carbocycles. The van der Waals surface area contributed by atoms with Crippen molar-refractivity contribution in [1.82, 2.24) is 10.6 Å². The molecule has 0 unspecified atom stereocenters. The minimum Gasteiger partial charge on any atom is -0.457 e. The van der Waals surface area contributed by atoms with Gasteiger partial charge in [0.1, 0.15) is 11.5 Å². The molecule has 2 amide bonds. The Morgan fingerprint density at radius 2 is 1.54 bits per heavy atom. The fraction of sp³-hybridized carbons (Fsp3) is 0.118. The maximum Gasteiger partial charge on any atom is 0.413 e. The number of hydrogen-bond donors (Lipinski definition) is 3. The lowest BCUT2D eigenvalue weighted by Crippen LogP contribution is -2.43. The molecule has 0 radical (unpaired) electrons. The first-order valence-electron chi connectivity index (χ1n) is 7.43. The van der Waals surface area contributed by atoms with Crippen LogP contribution in [0, 0.1) is 0 Å². The second kappa shape index (κ2) is 8.92. The van der Waals surface area contributed by atoms with E-state index in [9.17, 15) is 9.59 Å². The normalized spacial score (nSPS) is 9.62. The number of amides is 2. The summed E-state index contributed by atoms with van der Waals surface area (Å²) in [6, 6.07) is 13.9. The lowest BCUT2D eigenvalue weighted by atomic mass is 10.2. The Bertz CT molecular complexity index is 788. The van der Waals surface area contributed by atoms with Crippen LogP contribution < -0.4 is 21.1 Å². The third-order valence-electron chi connectivity index (χ3n) is 3.02. The van der Waals surface area contributed by atoms with E-state index in [0.29, 0.717) is 17.2 Å². The summed E-state index contributed by atoms with van der Waals surface area (Å²) in [6.45, 7) is 0. The van der Waals surface area contributed by atoms with Crippen molar-refractivity contribution in [3.05, 3.63) is 48.5 Å². The molecule has 0 saturated carbocycles. The second-order valence-electron chi connectivity index (χ2n) is 4.83. The summed E-state index contributed by atoms with van der Waals surface area (Å²) in [4.78, 5) is 27.0. The number of carbonyl (C=O) groups is 2. The molecule has 136 valence electrons. The van der Waals surface area contributed by atoms with Crippen LogP contribution in [0.15, 0.2) is 53.5 Å². The number of ether oxygens (including phenoxy) is 3. The molecule has 0 fully saturated rings. The third-order valence-corrected chi connectivity index (χ3v) is 3.02.